The van der Waals surface area contributed by atoms with Crippen molar-refractivity contribution in [3.63, 3.8) is 0 Å². The lowest BCUT2D eigenvalue weighted by Gasteiger charge is -2.31. The Bertz CT molecular complexity index is 1050. The SMILES string of the molecule is CS(=O)(=O)N1CCc2cc(C(=O)N3CCC(c4nc(C5CC5)n[nH]4)CC3)ccc21. The molecule has 1 N–H and O–H groups in total. The molecule has 154 valence electrons. The van der Waals surface area contributed by atoms with Crippen molar-refractivity contribution in [3.05, 3.63) is 41.0 Å². The zero-order valence-corrected chi connectivity index (χ0v) is 17.3. The fourth-order valence-electron chi connectivity index (χ4n) is 4.38. The van der Waals surface area contributed by atoms with Crippen molar-refractivity contribution in [2.45, 2.75) is 43.9 Å². The summed E-state index contributed by atoms with van der Waals surface area (Å²) in [5.74, 6) is 2.78. The lowest BCUT2D eigenvalue weighted by atomic mass is 9.95. The number of nitrogens with zero attached hydrogens (tertiary/aromatic N) is 4. The standard InChI is InChI=1S/C20H25N5O3S/c1-29(27,28)25-11-8-15-12-16(4-5-17(15)25)20(26)24-9-6-14(7-10-24)19-21-18(22-23-19)13-2-3-13/h4-5,12-14H,2-3,6-11H2,1H3,(H,21,22,23). The highest BCUT2D eigenvalue weighted by atomic mass is 32.2. The normalized spacial score (nSPS) is 20.2. The first-order chi connectivity index (χ1) is 13.9. The molecule has 9 heteroatoms. The molecule has 2 aliphatic heterocycles. The van der Waals surface area contributed by atoms with Gasteiger partial charge < -0.3 is 4.90 Å². The quantitative estimate of drug-likeness (QED) is 0.824. The third kappa shape index (κ3) is 3.52. The number of likely N-dealkylation sites (tertiary alicyclic amines) is 1. The van der Waals surface area contributed by atoms with Crippen LogP contribution in [0, 0.1) is 0 Å². The van der Waals surface area contributed by atoms with Gasteiger partial charge in [0.05, 0.1) is 11.9 Å². The maximum Gasteiger partial charge on any atom is 0.253 e. The number of nitrogens with one attached hydrogen (secondary N) is 1. The van der Waals surface area contributed by atoms with E-state index in [0.717, 1.165) is 30.1 Å². The van der Waals surface area contributed by atoms with Crippen molar-refractivity contribution in [2.24, 2.45) is 0 Å². The second kappa shape index (κ2) is 6.83. The Labute approximate surface area is 170 Å². The van der Waals surface area contributed by atoms with Crippen LogP contribution in [-0.2, 0) is 16.4 Å². The van der Waals surface area contributed by atoms with Gasteiger partial charge >= 0.3 is 0 Å². The monoisotopic (exact) mass is 415 g/mol. The van der Waals surface area contributed by atoms with Crippen LogP contribution in [0.2, 0.25) is 0 Å². The number of carbonyl (C=O) groups is 1. The minimum atomic E-state index is -3.28. The molecular formula is C20H25N5O3S. The summed E-state index contributed by atoms with van der Waals surface area (Å²) in [6, 6.07) is 5.36. The molecule has 0 radical (unpaired) electrons. The Kier molecular flexibility index (Phi) is 4.38. The molecule has 8 nitrogen and oxygen atoms in total. The average Bonchev–Trinajstić information content (AvgIpc) is 3.27. The van der Waals surface area contributed by atoms with Gasteiger partial charge in [-0.2, -0.15) is 5.10 Å². The molecule has 0 atom stereocenters. The number of carbonyl (C=O) groups excluding carboxylic acids is 1. The number of piperidine rings is 1. The molecule has 2 aromatic rings. The third-order valence-electron chi connectivity index (χ3n) is 6.21. The summed E-state index contributed by atoms with van der Waals surface area (Å²) in [6.45, 7) is 1.82. The third-order valence-corrected chi connectivity index (χ3v) is 7.39. The van der Waals surface area contributed by atoms with Crippen LogP contribution < -0.4 is 4.31 Å². The van der Waals surface area contributed by atoms with Gasteiger partial charge in [-0.3, -0.25) is 14.2 Å². The minimum Gasteiger partial charge on any atom is -0.339 e. The van der Waals surface area contributed by atoms with E-state index in [4.69, 9.17) is 0 Å². The molecule has 1 aromatic carbocycles. The topological polar surface area (TPSA) is 99.3 Å². The summed E-state index contributed by atoms with van der Waals surface area (Å²) < 4.78 is 25.2. The van der Waals surface area contributed by atoms with Crippen LogP contribution in [0.15, 0.2) is 18.2 Å². The predicted molar refractivity (Wildman–Crippen MR) is 109 cm³/mol. The van der Waals surface area contributed by atoms with Crippen LogP contribution in [0.3, 0.4) is 0 Å². The Morgan fingerprint density at radius 3 is 2.55 bits per heavy atom. The maximum atomic E-state index is 13.0. The van der Waals surface area contributed by atoms with E-state index in [1.54, 1.807) is 12.1 Å². The Balaban J connectivity index is 1.25. The average molecular weight is 416 g/mol. The van der Waals surface area contributed by atoms with E-state index in [-0.39, 0.29) is 5.91 Å². The molecule has 1 saturated carbocycles. The zero-order valence-electron chi connectivity index (χ0n) is 16.5. The molecule has 0 unspecified atom stereocenters. The van der Waals surface area contributed by atoms with Crippen LogP contribution in [-0.4, -0.2) is 60.3 Å². The van der Waals surface area contributed by atoms with Crippen molar-refractivity contribution < 1.29 is 13.2 Å². The van der Waals surface area contributed by atoms with E-state index in [0.29, 0.717) is 49.1 Å². The Morgan fingerprint density at radius 2 is 1.86 bits per heavy atom. The van der Waals surface area contributed by atoms with Gasteiger partial charge in [0.2, 0.25) is 10.0 Å². The molecule has 1 amide bonds. The zero-order chi connectivity index (χ0) is 20.2. The van der Waals surface area contributed by atoms with Crippen molar-refractivity contribution in [2.75, 3.05) is 30.2 Å². The number of H-pyrrole nitrogens is 1. The molecule has 29 heavy (non-hydrogen) atoms. The number of rotatable bonds is 4. The van der Waals surface area contributed by atoms with Gasteiger partial charge in [0.25, 0.3) is 5.91 Å². The van der Waals surface area contributed by atoms with Gasteiger partial charge in [-0.05, 0) is 55.9 Å². The van der Waals surface area contributed by atoms with Crippen LogP contribution in [0.1, 0.15) is 65.1 Å². The summed E-state index contributed by atoms with van der Waals surface area (Å²) in [6.07, 6.45) is 5.98. The highest BCUT2D eigenvalue weighted by molar-refractivity contribution is 7.92. The van der Waals surface area contributed by atoms with Crippen molar-refractivity contribution in [1.82, 2.24) is 20.1 Å². The summed E-state index contributed by atoms with van der Waals surface area (Å²) in [7, 11) is -3.28. The fraction of sp³-hybridized carbons (Fsp3) is 0.550. The molecule has 3 aliphatic rings. The Hall–Kier alpha value is -2.42. The second-order valence-electron chi connectivity index (χ2n) is 8.35. The van der Waals surface area contributed by atoms with Crippen molar-refractivity contribution in [3.8, 4) is 0 Å². The second-order valence-corrected chi connectivity index (χ2v) is 10.3. The number of amides is 1. The Morgan fingerprint density at radius 1 is 1.10 bits per heavy atom. The van der Waals surface area contributed by atoms with E-state index in [9.17, 15) is 13.2 Å². The lowest BCUT2D eigenvalue weighted by Crippen LogP contribution is -2.38. The van der Waals surface area contributed by atoms with Gasteiger partial charge in [0.1, 0.15) is 5.82 Å². The van der Waals surface area contributed by atoms with Gasteiger partial charge in [0.15, 0.2) is 5.82 Å². The number of benzene rings is 1. The number of aromatic nitrogens is 3. The molecule has 1 saturated heterocycles. The van der Waals surface area contributed by atoms with E-state index in [2.05, 4.69) is 15.2 Å². The molecular weight excluding hydrogens is 390 g/mol. The number of fused-ring (bicyclic) bond motifs is 1. The number of hydrogen-bond acceptors (Lipinski definition) is 5. The van der Waals surface area contributed by atoms with E-state index < -0.39 is 10.0 Å². The highest BCUT2D eigenvalue weighted by Gasteiger charge is 2.32. The molecule has 0 spiro atoms. The molecule has 1 aliphatic carbocycles. The van der Waals surface area contributed by atoms with E-state index in [1.165, 1.54) is 23.4 Å². The van der Waals surface area contributed by atoms with Crippen LogP contribution >= 0.6 is 0 Å². The van der Waals surface area contributed by atoms with E-state index >= 15 is 0 Å². The smallest absolute Gasteiger partial charge is 0.253 e. The number of aromatic amines is 1. The van der Waals surface area contributed by atoms with Gasteiger partial charge in [-0.1, -0.05) is 0 Å². The first-order valence-electron chi connectivity index (χ1n) is 10.2. The number of sulfonamides is 1. The minimum absolute atomic E-state index is 0.0142. The number of anilines is 1. The first-order valence-corrected chi connectivity index (χ1v) is 12.1. The summed E-state index contributed by atoms with van der Waals surface area (Å²) in [4.78, 5) is 19.5. The van der Waals surface area contributed by atoms with Gasteiger partial charge in [-0.25, -0.2) is 13.4 Å². The fourth-order valence-corrected chi connectivity index (χ4v) is 5.34. The van der Waals surface area contributed by atoms with Crippen LogP contribution in [0.4, 0.5) is 5.69 Å². The first kappa shape index (κ1) is 18.6. The maximum absolute atomic E-state index is 13.0. The van der Waals surface area contributed by atoms with Crippen LogP contribution in [0.5, 0.6) is 0 Å². The summed E-state index contributed by atoms with van der Waals surface area (Å²) in [5.41, 5.74) is 2.25. The summed E-state index contributed by atoms with van der Waals surface area (Å²) >= 11 is 0. The van der Waals surface area contributed by atoms with Crippen molar-refractivity contribution in [1.29, 1.82) is 0 Å². The van der Waals surface area contributed by atoms with E-state index in [1.807, 2.05) is 11.0 Å². The van der Waals surface area contributed by atoms with Crippen LogP contribution in [0.25, 0.3) is 0 Å². The molecule has 2 fully saturated rings. The molecule has 5 rings (SSSR count). The molecule has 1 aromatic heterocycles. The van der Waals surface area contributed by atoms with Gasteiger partial charge in [-0.15, -0.1) is 0 Å². The molecule has 0 bridgehead atoms. The summed E-state index contributed by atoms with van der Waals surface area (Å²) in [5, 5.41) is 7.45. The predicted octanol–water partition coefficient (Wildman–Crippen LogP) is 2.02. The number of hydrogen-bond donors (Lipinski definition) is 1. The van der Waals surface area contributed by atoms with Crippen molar-refractivity contribution >= 4 is 21.6 Å². The molecule has 3 heterocycles. The highest BCUT2D eigenvalue weighted by Crippen LogP contribution is 2.38. The largest absolute Gasteiger partial charge is 0.339 e. The van der Waals surface area contributed by atoms with Gasteiger partial charge in [0, 0.05) is 37.0 Å². The lowest BCUT2D eigenvalue weighted by molar-refractivity contribution is 0.0711.